The fraction of sp³-hybridized carbons (Fsp3) is 0.333. The van der Waals surface area contributed by atoms with Gasteiger partial charge in [-0.1, -0.05) is 49.2 Å². The van der Waals surface area contributed by atoms with Crippen LogP contribution in [-0.2, 0) is 4.79 Å². The predicted octanol–water partition coefficient (Wildman–Crippen LogP) is 3.55. The quantitative estimate of drug-likeness (QED) is 0.427. The Balaban J connectivity index is 2.38. The van der Waals surface area contributed by atoms with E-state index in [1.807, 2.05) is 0 Å². The standard InChI is InChI=1S/C15H19Cl2N3OS/c1-10(2)8-9-18-15(22)20-19-13(21)7-6-11-4-3-5-12(16)14(11)17/h3-7,10H,8-9H2,1-2H3,(H,19,21)(H2,18,20,22)/b7-6+. The number of carbonyl (C=O) groups excluding carboxylic acids is 1. The molecule has 0 aromatic heterocycles. The maximum Gasteiger partial charge on any atom is 0.262 e. The van der Waals surface area contributed by atoms with Crippen LogP contribution in [0.25, 0.3) is 6.08 Å². The van der Waals surface area contributed by atoms with Crippen LogP contribution < -0.4 is 16.2 Å². The molecule has 0 saturated carbocycles. The molecule has 4 nitrogen and oxygen atoms in total. The first-order valence-electron chi connectivity index (χ1n) is 6.86. The molecule has 0 aliphatic rings. The van der Waals surface area contributed by atoms with Gasteiger partial charge in [-0.3, -0.25) is 15.6 Å². The molecule has 1 rings (SSSR count). The molecule has 0 bridgehead atoms. The van der Waals surface area contributed by atoms with Gasteiger partial charge >= 0.3 is 0 Å². The van der Waals surface area contributed by atoms with Crippen LogP contribution in [0.3, 0.4) is 0 Å². The van der Waals surface area contributed by atoms with E-state index in [0.29, 0.717) is 26.6 Å². The lowest BCUT2D eigenvalue weighted by molar-refractivity contribution is -0.116. The van der Waals surface area contributed by atoms with Crippen molar-refractivity contribution in [3.05, 3.63) is 39.9 Å². The molecule has 0 radical (unpaired) electrons. The first-order chi connectivity index (χ1) is 10.4. The Kier molecular flexibility index (Phi) is 8.24. The van der Waals surface area contributed by atoms with Gasteiger partial charge in [0.05, 0.1) is 10.0 Å². The Bertz CT molecular complexity index is 562. The summed E-state index contributed by atoms with van der Waals surface area (Å²) >= 11 is 17.0. The van der Waals surface area contributed by atoms with Crippen molar-refractivity contribution in [3.63, 3.8) is 0 Å². The molecular formula is C15H19Cl2N3OS. The number of hydrogen-bond acceptors (Lipinski definition) is 2. The molecule has 1 aromatic rings. The number of nitrogens with one attached hydrogen (secondary N) is 3. The molecule has 0 spiro atoms. The molecule has 0 unspecified atom stereocenters. The molecular weight excluding hydrogens is 341 g/mol. The van der Waals surface area contributed by atoms with Crippen LogP contribution in [0.1, 0.15) is 25.8 Å². The lowest BCUT2D eigenvalue weighted by Crippen LogP contribution is -2.46. The minimum Gasteiger partial charge on any atom is -0.361 e. The molecule has 3 N–H and O–H groups in total. The van der Waals surface area contributed by atoms with Gasteiger partial charge in [-0.2, -0.15) is 0 Å². The summed E-state index contributed by atoms with van der Waals surface area (Å²) in [6.07, 6.45) is 3.94. The second kappa shape index (κ2) is 9.66. The van der Waals surface area contributed by atoms with Crippen molar-refractivity contribution < 1.29 is 4.79 Å². The summed E-state index contributed by atoms with van der Waals surface area (Å²) in [5.41, 5.74) is 5.77. The second-order valence-corrected chi connectivity index (χ2v) is 6.22. The third kappa shape index (κ3) is 7.11. The van der Waals surface area contributed by atoms with Crippen molar-refractivity contribution in [3.8, 4) is 0 Å². The highest BCUT2D eigenvalue weighted by atomic mass is 35.5. The summed E-state index contributed by atoms with van der Waals surface area (Å²) in [4.78, 5) is 11.7. The van der Waals surface area contributed by atoms with Gasteiger partial charge in [0.15, 0.2) is 5.11 Å². The number of hydrogen-bond donors (Lipinski definition) is 3. The lowest BCUT2D eigenvalue weighted by Gasteiger charge is -2.11. The van der Waals surface area contributed by atoms with Gasteiger partial charge in [-0.05, 0) is 42.3 Å². The van der Waals surface area contributed by atoms with Crippen molar-refractivity contribution >= 4 is 52.5 Å². The van der Waals surface area contributed by atoms with Crippen LogP contribution in [-0.4, -0.2) is 17.6 Å². The number of hydrazine groups is 1. The van der Waals surface area contributed by atoms with Crippen molar-refractivity contribution in [1.29, 1.82) is 0 Å². The second-order valence-electron chi connectivity index (χ2n) is 5.03. The van der Waals surface area contributed by atoms with Crippen LogP contribution in [0.2, 0.25) is 10.0 Å². The Labute approximate surface area is 146 Å². The van der Waals surface area contributed by atoms with Crippen LogP contribution >= 0.6 is 35.4 Å². The minimum absolute atomic E-state index is 0.343. The molecule has 1 amide bonds. The van der Waals surface area contributed by atoms with Crippen LogP contribution in [0.15, 0.2) is 24.3 Å². The maximum atomic E-state index is 11.7. The smallest absolute Gasteiger partial charge is 0.262 e. The largest absolute Gasteiger partial charge is 0.361 e. The number of thiocarbonyl (C=S) groups is 1. The Morgan fingerprint density at radius 1 is 1.32 bits per heavy atom. The van der Waals surface area contributed by atoms with Gasteiger partial charge in [0, 0.05) is 12.6 Å². The van der Waals surface area contributed by atoms with E-state index in [4.69, 9.17) is 35.4 Å². The number of halogens is 2. The third-order valence-electron chi connectivity index (χ3n) is 2.70. The average molecular weight is 360 g/mol. The van der Waals surface area contributed by atoms with E-state index in [1.54, 1.807) is 24.3 Å². The van der Waals surface area contributed by atoms with Crippen molar-refractivity contribution in [1.82, 2.24) is 16.2 Å². The SMILES string of the molecule is CC(C)CCNC(=S)NNC(=O)/C=C/c1cccc(Cl)c1Cl. The highest BCUT2D eigenvalue weighted by molar-refractivity contribution is 7.80. The van der Waals surface area contributed by atoms with Crippen molar-refractivity contribution in [2.75, 3.05) is 6.54 Å². The van der Waals surface area contributed by atoms with Gasteiger partial charge in [0.2, 0.25) is 0 Å². The fourth-order valence-electron chi connectivity index (χ4n) is 1.49. The summed E-state index contributed by atoms with van der Waals surface area (Å²) in [6.45, 7) is 5.02. The Morgan fingerprint density at radius 3 is 2.73 bits per heavy atom. The molecule has 22 heavy (non-hydrogen) atoms. The van der Waals surface area contributed by atoms with E-state index in [-0.39, 0.29) is 5.91 Å². The Morgan fingerprint density at radius 2 is 2.05 bits per heavy atom. The van der Waals surface area contributed by atoms with Gasteiger partial charge in [0.1, 0.15) is 0 Å². The maximum absolute atomic E-state index is 11.7. The first kappa shape index (κ1) is 18.7. The van der Waals surface area contributed by atoms with Crippen LogP contribution in [0.5, 0.6) is 0 Å². The zero-order chi connectivity index (χ0) is 16.5. The predicted molar refractivity (Wildman–Crippen MR) is 96.8 cm³/mol. The van der Waals surface area contributed by atoms with E-state index in [2.05, 4.69) is 30.0 Å². The third-order valence-corrected chi connectivity index (χ3v) is 3.78. The summed E-state index contributed by atoms with van der Waals surface area (Å²) < 4.78 is 0. The monoisotopic (exact) mass is 359 g/mol. The molecule has 120 valence electrons. The molecule has 0 aliphatic heterocycles. The normalized spacial score (nSPS) is 10.8. The average Bonchev–Trinajstić information content (AvgIpc) is 2.46. The van der Waals surface area contributed by atoms with Crippen LogP contribution in [0.4, 0.5) is 0 Å². The van der Waals surface area contributed by atoms with E-state index in [0.717, 1.165) is 13.0 Å². The summed E-state index contributed by atoms with van der Waals surface area (Å²) in [7, 11) is 0. The van der Waals surface area contributed by atoms with Gasteiger partial charge in [-0.15, -0.1) is 0 Å². The zero-order valence-corrected chi connectivity index (χ0v) is 14.8. The number of amides is 1. The van der Waals surface area contributed by atoms with Crippen molar-refractivity contribution in [2.45, 2.75) is 20.3 Å². The van der Waals surface area contributed by atoms with Crippen LogP contribution in [0, 0.1) is 5.92 Å². The van der Waals surface area contributed by atoms with Gasteiger partial charge in [-0.25, -0.2) is 0 Å². The number of rotatable bonds is 5. The molecule has 0 saturated heterocycles. The highest BCUT2D eigenvalue weighted by Gasteiger charge is 2.02. The van der Waals surface area contributed by atoms with E-state index < -0.39 is 0 Å². The Hall–Kier alpha value is -1.30. The number of benzene rings is 1. The van der Waals surface area contributed by atoms with Crippen molar-refractivity contribution in [2.24, 2.45) is 5.92 Å². The summed E-state index contributed by atoms with van der Waals surface area (Å²) in [5, 5.41) is 4.23. The molecule has 1 aromatic carbocycles. The van der Waals surface area contributed by atoms with E-state index in [1.165, 1.54) is 6.08 Å². The molecule has 7 heteroatoms. The lowest BCUT2D eigenvalue weighted by atomic mass is 10.1. The fourth-order valence-corrected chi connectivity index (χ4v) is 2.02. The zero-order valence-electron chi connectivity index (χ0n) is 12.5. The molecule has 0 heterocycles. The topological polar surface area (TPSA) is 53.2 Å². The highest BCUT2D eigenvalue weighted by Crippen LogP contribution is 2.26. The molecule has 0 atom stereocenters. The summed E-state index contributed by atoms with van der Waals surface area (Å²) in [6, 6.07) is 5.21. The molecule has 0 fully saturated rings. The minimum atomic E-state index is -0.343. The first-order valence-corrected chi connectivity index (χ1v) is 8.02. The van der Waals surface area contributed by atoms with E-state index in [9.17, 15) is 4.79 Å². The number of carbonyl (C=O) groups is 1. The van der Waals surface area contributed by atoms with Gasteiger partial charge < -0.3 is 5.32 Å². The van der Waals surface area contributed by atoms with E-state index >= 15 is 0 Å². The van der Waals surface area contributed by atoms with Gasteiger partial charge in [0.25, 0.3) is 5.91 Å². The molecule has 0 aliphatic carbocycles. The summed E-state index contributed by atoms with van der Waals surface area (Å²) in [5.74, 6) is 0.249.